The molecular formula is C23H19N. The van der Waals surface area contributed by atoms with Gasteiger partial charge in [-0.15, -0.1) is 0 Å². The number of aliphatic imine (C=N–C) groups is 1. The van der Waals surface area contributed by atoms with Crippen molar-refractivity contribution in [3.63, 3.8) is 0 Å². The lowest BCUT2D eigenvalue weighted by atomic mass is 9.83. The summed E-state index contributed by atoms with van der Waals surface area (Å²) in [5.41, 5.74) is 4.90. The topological polar surface area (TPSA) is 12.4 Å². The van der Waals surface area contributed by atoms with E-state index in [1.54, 1.807) is 0 Å². The van der Waals surface area contributed by atoms with E-state index in [-0.39, 0.29) is 5.92 Å². The van der Waals surface area contributed by atoms with E-state index in [0.717, 1.165) is 5.71 Å². The molecule has 116 valence electrons. The largest absolute Gasteiger partial charge is 0.259 e. The molecule has 1 unspecified atom stereocenters. The first kappa shape index (κ1) is 14.6. The Morgan fingerprint density at radius 2 is 1.33 bits per heavy atom. The standard InChI is InChI=1S/C23H19N/c1-17-21-15-9-8-14-20(21)16-24-23(19-12-6-3-7-13-19)22(17)18-10-4-2-5-11-18/h2-16,22H,1H3. The maximum atomic E-state index is 4.91. The van der Waals surface area contributed by atoms with Crippen LogP contribution in [0.3, 0.4) is 0 Å². The van der Waals surface area contributed by atoms with Crippen molar-refractivity contribution in [1.29, 1.82) is 0 Å². The smallest absolute Gasteiger partial charge is 0.0591 e. The highest BCUT2D eigenvalue weighted by molar-refractivity contribution is 6.11. The molecule has 24 heavy (non-hydrogen) atoms. The minimum atomic E-state index is 0.161. The van der Waals surface area contributed by atoms with Gasteiger partial charge in [0.25, 0.3) is 0 Å². The Balaban J connectivity index is 2.02. The van der Waals surface area contributed by atoms with Gasteiger partial charge >= 0.3 is 0 Å². The molecular weight excluding hydrogens is 290 g/mol. The Labute approximate surface area is 142 Å². The van der Waals surface area contributed by atoms with E-state index in [9.17, 15) is 0 Å². The van der Waals surface area contributed by atoms with Gasteiger partial charge in [-0.05, 0) is 28.5 Å². The highest BCUT2D eigenvalue weighted by atomic mass is 14.7. The van der Waals surface area contributed by atoms with Gasteiger partial charge in [-0.3, -0.25) is 4.99 Å². The van der Waals surface area contributed by atoms with E-state index >= 15 is 0 Å². The van der Waals surface area contributed by atoms with Crippen LogP contribution in [0.1, 0.15) is 24.0 Å². The monoisotopic (exact) mass is 309 g/mol. The Morgan fingerprint density at radius 1 is 0.708 bits per heavy atom. The molecule has 0 radical (unpaired) electrons. The molecule has 0 saturated carbocycles. The van der Waals surface area contributed by atoms with E-state index in [0.29, 0.717) is 0 Å². The summed E-state index contributed by atoms with van der Waals surface area (Å²) < 4.78 is 0. The number of hydrogen-bond acceptors (Lipinski definition) is 1. The van der Waals surface area contributed by atoms with E-state index in [1.807, 2.05) is 12.3 Å². The van der Waals surface area contributed by atoms with Crippen LogP contribution in [-0.4, -0.2) is 5.71 Å². The lowest BCUT2D eigenvalue weighted by molar-refractivity contribution is 1.13. The fourth-order valence-corrected chi connectivity index (χ4v) is 3.45. The summed E-state index contributed by atoms with van der Waals surface area (Å²) in [5, 5.41) is 2.46. The van der Waals surface area contributed by atoms with Crippen molar-refractivity contribution in [2.24, 2.45) is 4.99 Å². The Hall–Kier alpha value is -2.93. The fraction of sp³-hybridized carbons (Fsp3) is 0.0870. The first-order chi connectivity index (χ1) is 11.8. The normalized spacial score (nSPS) is 16.6. The number of fused-ring (bicyclic) bond motifs is 1. The molecule has 0 fully saturated rings. The maximum Gasteiger partial charge on any atom is 0.0591 e. The van der Waals surface area contributed by atoms with Crippen LogP contribution in [0, 0.1) is 0 Å². The van der Waals surface area contributed by atoms with Gasteiger partial charge in [-0.25, -0.2) is 0 Å². The lowest BCUT2D eigenvalue weighted by Crippen LogP contribution is -2.27. The molecule has 1 heterocycles. The van der Waals surface area contributed by atoms with Crippen LogP contribution in [0.4, 0.5) is 0 Å². The summed E-state index contributed by atoms with van der Waals surface area (Å²) >= 11 is 0. The van der Waals surface area contributed by atoms with E-state index in [2.05, 4.69) is 85.8 Å². The molecule has 3 aromatic carbocycles. The van der Waals surface area contributed by atoms with Crippen molar-refractivity contribution < 1.29 is 0 Å². The first-order valence-electron chi connectivity index (χ1n) is 8.29. The molecule has 0 bridgehead atoms. The molecule has 0 spiro atoms. The van der Waals surface area contributed by atoms with Gasteiger partial charge in [0.15, 0.2) is 0 Å². The quantitative estimate of drug-likeness (QED) is 0.681. The second-order valence-electron chi connectivity index (χ2n) is 6.12. The molecule has 1 aliphatic rings. The molecule has 0 saturated heterocycles. The SMILES string of the molecule is CC1=c2ccccc2=CN=C(c2ccccc2)C1c1ccccc1. The molecule has 0 aliphatic carbocycles. The minimum absolute atomic E-state index is 0.161. The van der Waals surface area contributed by atoms with E-state index < -0.39 is 0 Å². The van der Waals surface area contributed by atoms with Crippen molar-refractivity contribution >= 4 is 17.5 Å². The molecule has 0 amide bonds. The molecule has 4 rings (SSSR count). The van der Waals surface area contributed by atoms with Crippen molar-refractivity contribution in [2.45, 2.75) is 12.8 Å². The van der Waals surface area contributed by atoms with Crippen LogP contribution in [0.25, 0.3) is 11.8 Å². The lowest BCUT2D eigenvalue weighted by Gasteiger charge is -2.20. The van der Waals surface area contributed by atoms with Crippen LogP contribution >= 0.6 is 0 Å². The number of hydrogen-bond donors (Lipinski definition) is 0. The van der Waals surface area contributed by atoms with Gasteiger partial charge < -0.3 is 0 Å². The second kappa shape index (κ2) is 6.29. The Morgan fingerprint density at radius 3 is 2.08 bits per heavy atom. The number of rotatable bonds is 2. The van der Waals surface area contributed by atoms with Crippen molar-refractivity contribution in [3.05, 3.63) is 106 Å². The predicted octanol–water partition coefficient (Wildman–Crippen LogP) is 3.88. The van der Waals surface area contributed by atoms with Crippen LogP contribution in [-0.2, 0) is 0 Å². The molecule has 0 N–H and O–H groups in total. The highest BCUT2D eigenvalue weighted by Crippen LogP contribution is 2.29. The third-order valence-corrected chi connectivity index (χ3v) is 4.64. The molecule has 3 aromatic rings. The van der Waals surface area contributed by atoms with Crippen LogP contribution in [0.15, 0.2) is 89.9 Å². The molecule has 1 heteroatoms. The first-order valence-corrected chi connectivity index (χ1v) is 8.29. The van der Waals surface area contributed by atoms with Crippen molar-refractivity contribution in [3.8, 4) is 0 Å². The summed E-state index contributed by atoms with van der Waals surface area (Å²) in [6.07, 6.45) is 2.00. The highest BCUT2D eigenvalue weighted by Gasteiger charge is 2.23. The van der Waals surface area contributed by atoms with Crippen LogP contribution in [0.5, 0.6) is 0 Å². The average molecular weight is 309 g/mol. The zero-order valence-corrected chi connectivity index (χ0v) is 13.7. The summed E-state index contributed by atoms with van der Waals surface area (Å²) in [4.78, 5) is 4.91. The third-order valence-electron chi connectivity index (χ3n) is 4.64. The maximum absolute atomic E-state index is 4.91. The van der Waals surface area contributed by atoms with E-state index in [4.69, 9.17) is 4.99 Å². The van der Waals surface area contributed by atoms with Gasteiger partial charge in [0, 0.05) is 12.1 Å². The zero-order valence-electron chi connectivity index (χ0n) is 13.7. The van der Waals surface area contributed by atoms with Crippen molar-refractivity contribution in [2.75, 3.05) is 0 Å². The Kier molecular flexibility index (Phi) is 3.84. The molecule has 1 aliphatic heterocycles. The van der Waals surface area contributed by atoms with Gasteiger partial charge in [0.05, 0.1) is 5.71 Å². The minimum Gasteiger partial charge on any atom is -0.259 e. The van der Waals surface area contributed by atoms with Gasteiger partial charge in [0.1, 0.15) is 0 Å². The zero-order chi connectivity index (χ0) is 16.4. The van der Waals surface area contributed by atoms with Gasteiger partial charge in [-0.1, -0.05) is 90.5 Å². The van der Waals surface area contributed by atoms with E-state index in [1.165, 1.54) is 27.1 Å². The molecule has 1 nitrogen and oxygen atoms in total. The third kappa shape index (κ3) is 2.59. The second-order valence-corrected chi connectivity index (χ2v) is 6.12. The number of benzene rings is 3. The fourth-order valence-electron chi connectivity index (χ4n) is 3.45. The summed E-state index contributed by atoms with van der Waals surface area (Å²) in [5.74, 6) is 0.161. The molecule has 0 aromatic heterocycles. The summed E-state index contributed by atoms with van der Waals surface area (Å²) in [6, 6.07) is 29.7. The molecule has 1 atom stereocenters. The average Bonchev–Trinajstić information content (AvgIpc) is 2.80. The Bertz CT molecular complexity index is 999. The van der Waals surface area contributed by atoms with Gasteiger partial charge in [0.2, 0.25) is 0 Å². The number of nitrogens with zero attached hydrogens (tertiary/aromatic N) is 1. The van der Waals surface area contributed by atoms with Crippen LogP contribution in [0.2, 0.25) is 0 Å². The van der Waals surface area contributed by atoms with Gasteiger partial charge in [-0.2, -0.15) is 0 Å². The summed E-state index contributed by atoms with van der Waals surface area (Å²) in [7, 11) is 0. The van der Waals surface area contributed by atoms with Crippen LogP contribution < -0.4 is 10.4 Å². The predicted molar refractivity (Wildman–Crippen MR) is 101 cm³/mol. The summed E-state index contributed by atoms with van der Waals surface area (Å²) in [6.45, 7) is 2.23. The van der Waals surface area contributed by atoms with Crippen molar-refractivity contribution in [1.82, 2.24) is 0 Å².